The molecule has 0 atom stereocenters. The molecule has 1 amide bonds. The topological polar surface area (TPSA) is 88.5 Å². The predicted octanol–water partition coefficient (Wildman–Crippen LogP) is 5.15. The number of hydrogen-bond acceptors (Lipinski definition) is 5. The van der Waals surface area contributed by atoms with Crippen molar-refractivity contribution >= 4 is 28.6 Å². The molecule has 0 spiro atoms. The Morgan fingerprint density at radius 2 is 1.72 bits per heavy atom. The number of ether oxygens (including phenoxy) is 1. The molecular weight excluding hydrogens is 388 g/mol. The molecule has 1 heterocycles. The molecule has 3 aromatic rings. The number of fused-ring (bicyclic) bond motifs is 3. The summed E-state index contributed by atoms with van der Waals surface area (Å²) in [7, 11) is 0. The van der Waals surface area contributed by atoms with Gasteiger partial charge < -0.3 is 9.84 Å². The molecular formula is C22H20N2O4S. The first-order valence-electron chi connectivity index (χ1n) is 9.44. The molecule has 0 fully saturated rings. The van der Waals surface area contributed by atoms with Gasteiger partial charge in [-0.1, -0.05) is 61.9 Å². The Hall–Kier alpha value is -3.19. The summed E-state index contributed by atoms with van der Waals surface area (Å²) >= 11 is 0.965. The van der Waals surface area contributed by atoms with Crippen LogP contribution in [0.25, 0.3) is 11.1 Å². The number of aryl methyl sites for hydroxylation is 1. The molecule has 7 heteroatoms. The van der Waals surface area contributed by atoms with Gasteiger partial charge in [-0.05, 0) is 40.2 Å². The molecule has 0 aliphatic heterocycles. The van der Waals surface area contributed by atoms with Gasteiger partial charge in [0.2, 0.25) is 0 Å². The zero-order valence-corrected chi connectivity index (χ0v) is 16.7. The quantitative estimate of drug-likeness (QED) is 0.588. The van der Waals surface area contributed by atoms with E-state index in [2.05, 4.69) is 21.8 Å². The fourth-order valence-corrected chi connectivity index (χ4v) is 4.57. The van der Waals surface area contributed by atoms with Crippen LogP contribution in [0.1, 0.15) is 46.4 Å². The number of carbonyl (C=O) groups excluding carboxylic acids is 1. The predicted molar refractivity (Wildman–Crippen MR) is 112 cm³/mol. The Morgan fingerprint density at radius 3 is 2.31 bits per heavy atom. The van der Waals surface area contributed by atoms with Gasteiger partial charge in [-0.3, -0.25) is 5.32 Å². The lowest BCUT2D eigenvalue weighted by atomic mass is 9.98. The van der Waals surface area contributed by atoms with Crippen molar-refractivity contribution in [1.29, 1.82) is 0 Å². The van der Waals surface area contributed by atoms with Crippen LogP contribution in [0.5, 0.6) is 0 Å². The molecule has 1 aliphatic rings. The summed E-state index contributed by atoms with van der Waals surface area (Å²) in [6, 6.07) is 16.2. The molecule has 29 heavy (non-hydrogen) atoms. The number of nitrogens with zero attached hydrogens (tertiary/aromatic N) is 1. The Bertz CT molecular complexity index is 1030. The zero-order valence-electron chi connectivity index (χ0n) is 15.8. The number of carboxylic acids is 1. The van der Waals surface area contributed by atoms with Crippen molar-refractivity contribution < 1.29 is 19.4 Å². The second-order valence-electron chi connectivity index (χ2n) is 6.84. The molecule has 0 radical (unpaired) electrons. The van der Waals surface area contributed by atoms with E-state index in [0.717, 1.165) is 40.2 Å². The van der Waals surface area contributed by atoms with Crippen LogP contribution >= 0.6 is 11.5 Å². The van der Waals surface area contributed by atoms with Crippen molar-refractivity contribution in [3.05, 3.63) is 70.9 Å². The number of amides is 1. The maximum atomic E-state index is 12.4. The average Bonchev–Trinajstić information content (AvgIpc) is 3.26. The molecule has 2 N–H and O–H groups in total. The van der Waals surface area contributed by atoms with Gasteiger partial charge >= 0.3 is 12.1 Å². The number of nitrogens with one attached hydrogen (secondary N) is 1. The summed E-state index contributed by atoms with van der Waals surface area (Å²) in [4.78, 5) is 24.0. The molecule has 2 aromatic carbocycles. The van der Waals surface area contributed by atoms with Crippen molar-refractivity contribution in [1.82, 2.24) is 4.37 Å². The first-order valence-corrected chi connectivity index (χ1v) is 10.2. The van der Waals surface area contributed by atoms with Crippen LogP contribution < -0.4 is 5.32 Å². The number of aromatic carboxylic acids is 1. The van der Waals surface area contributed by atoms with E-state index in [1.54, 1.807) is 0 Å². The number of anilines is 1. The van der Waals surface area contributed by atoms with Crippen LogP contribution in [0.3, 0.4) is 0 Å². The second-order valence-corrected chi connectivity index (χ2v) is 7.61. The lowest BCUT2D eigenvalue weighted by Gasteiger charge is -2.14. The standard InChI is InChI=1S/C22H20N2O4S/c1-2-7-18-19(21(25)26)20(29-24-18)23-22(27)28-12-17-15-10-5-3-8-13(15)14-9-4-6-11-16(14)17/h3-6,8-11,17H,2,7,12H2,1H3,(H,23,27)(H,25,26). The van der Waals surface area contributed by atoms with Crippen molar-refractivity contribution in [3.8, 4) is 11.1 Å². The zero-order chi connectivity index (χ0) is 20.4. The van der Waals surface area contributed by atoms with Crippen LogP contribution in [-0.4, -0.2) is 28.1 Å². The first-order chi connectivity index (χ1) is 14.1. The molecule has 148 valence electrons. The number of carboxylic acid groups (broad SMARTS) is 1. The van der Waals surface area contributed by atoms with Gasteiger partial charge in [0.15, 0.2) is 0 Å². The van der Waals surface area contributed by atoms with E-state index in [1.807, 2.05) is 43.3 Å². The van der Waals surface area contributed by atoms with Gasteiger partial charge in [-0.25, -0.2) is 9.59 Å². The highest BCUT2D eigenvalue weighted by Crippen LogP contribution is 2.44. The number of carbonyl (C=O) groups is 2. The van der Waals surface area contributed by atoms with E-state index in [4.69, 9.17) is 4.74 Å². The van der Waals surface area contributed by atoms with Crippen LogP contribution in [0.2, 0.25) is 0 Å². The SMILES string of the molecule is CCCc1nsc(NC(=O)OCC2c3ccccc3-c3ccccc32)c1C(=O)O. The van der Waals surface area contributed by atoms with E-state index < -0.39 is 12.1 Å². The molecule has 1 aliphatic carbocycles. The molecule has 0 saturated heterocycles. The number of benzene rings is 2. The summed E-state index contributed by atoms with van der Waals surface area (Å²) in [6.07, 6.45) is 0.639. The number of aromatic nitrogens is 1. The second kappa shape index (κ2) is 8.05. The lowest BCUT2D eigenvalue weighted by Crippen LogP contribution is -2.18. The minimum absolute atomic E-state index is 0.0466. The summed E-state index contributed by atoms with van der Waals surface area (Å²) < 4.78 is 9.65. The van der Waals surface area contributed by atoms with Crippen molar-refractivity contribution in [2.45, 2.75) is 25.7 Å². The van der Waals surface area contributed by atoms with Crippen LogP contribution in [0, 0.1) is 0 Å². The Balaban J connectivity index is 1.49. The highest BCUT2D eigenvalue weighted by atomic mass is 32.1. The summed E-state index contributed by atoms with van der Waals surface area (Å²) in [5.74, 6) is -1.15. The average molecular weight is 408 g/mol. The van der Waals surface area contributed by atoms with Gasteiger partial charge in [0.1, 0.15) is 17.2 Å². The molecule has 0 saturated carbocycles. The summed E-state index contributed by atoms with van der Waals surface area (Å²) in [6.45, 7) is 2.12. The Labute approximate surface area is 172 Å². The third kappa shape index (κ3) is 3.61. The minimum Gasteiger partial charge on any atom is -0.478 e. The molecule has 6 nitrogen and oxygen atoms in total. The first kappa shape index (κ1) is 19.1. The van der Waals surface area contributed by atoms with E-state index >= 15 is 0 Å². The van der Waals surface area contributed by atoms with Crippen LogP contribution in [-0.2, 0) is 11.2 Å². The maximum Gasteiger partial charge on any atom is 0.412 e. The van der Waals surface area contributed by atoms with Gasteiger partial charge in [0.05, 0.1) is 5.69 Å². The van der Waals surface area contributed by atoms with Crippen molar-refractivity contribution in [3.63, 3.8) is 0 Å². The summed E-state index contributed by atoms with van der Waals surface area (Å²) in [5.41, 5.74) is 5.07. The molecule has 0 unspecified atom stereocenters. The Morgan fingerprint density at radius 1 is 1.10 bits per heavy atom. The van der Waals surface area contributed by atoms with Crippen LogP contribution in [0.4, 0.5) is 9.80 Å². The minimum atomic E-state index is -1.10. The van der Waals surface area contributed by atoms with Crippen molar-refractivity contribution in [2.24, 2.45) is 0 Å². The third-order valence-corrected chi connectivity index (χ3v) is 5.82. The monoisotopic (exact) mass is 408 g/mol. The van der Waals surface area contributed by atoms with E-state index in [9.17, 15) is 14.7 Å². The van der Waals surface area contributed by atoms with Gasteiger partial charge in [-0.2, -0.15) is 4.37 Å². The number of rotatable bonds is 6. The van der Waals surface area contributed by atoms with E-state index in [1.165, 1.54) is 0 Å². The van der Waals surface area contributed by atoms with Gasteiger partial charge in [-0.15, -0.1) is 0 Å². The summed E-state index contributed by atoms with van der Waals surface area (Å²) in [5, 5.41) is 12.2. The number of hydrogen-bond donors (Lipinski definition) is 2. The van der Waals surface area contributed by atoms with E-state index in [0.29, 0.717) is 12.1 Å². The third-order valence-electron chi connectivity index (χ3n) is 5.02. The smallest absolute Gasteiger partial charge is 0.412 e. The van der Waals surface area contributed by atoms with Crippen molar-refractivity contribution in [2.75, 3.05) is 11.9 Å². The largest absolute Gasteiger partial charge is 0.478 e. The maximum absolute atomic E-state index is 12.4. The molecule has 0 bridgehead atoms. The van der Waals surface area contributed by atoms with Crippen LogP contribution in [0.15, 0.2) is 48.5 Å². The highest BCUT2D eigenvalue weighted by Gasteiger charge is 2.29. The molecule has 4 rings (SSSR count). The normalized spacial score (nSPS) is 12.3. The molecule has 1 aromatic heterocycles. The van der Waals surface area contributed by atoms with Gasteiger partial charge in [0.25, 0.3) is 0 Å². The fourth-order valence-electron chi connectivity index (χ4n) is 3.76. The van der Waals surface area contributed by atoms with E-state index in [-0.39, 0.29) is 23.1 Å². The Kier molecular flexibility index (Phi) is 5.31. The highest BCUT2D eigenvalue weighted by molar-refractivity contribution is 7.11. The lowest BCUT2D eigenvalue weighted by molar-refractivity contribution is 0.0697. The fraction of sp³-hybridized carbons (Fsp3) is 0.227. The van der Waals surface area contributed by atoms with Gasteiger partial charge in [0, 0.05) is 5.92 Å².